The molecule has 0 spiro atoms. The molecule has 0 bridgehead atoms. The lowest BCUT2D eigenvalue weighted by molar-refractivity contribution is -0.181. The molecule has 4 aliphatic rings. The van der Waals surface area contributed by atoms with Crippen LogP contribution in [0.5, 0.6) is 0 Å². The maximum atomic E-state index is 13.1. The molecule has 0 unspecified atom stereocenters. The van der Waals surface area contributed by atoms with Crippen molar-refractivity contribution in [1.82, 2.24) is 0 Å². The largest absolute Gasteiger partial charge is 0.450 e. The second-order valence-electron chi connectivity index (χ2n) is 9.51. The Hall–Kier alpha value is -1.13. The standard InChI is InChI=1S/C21H27F3O2/c1-19-9-7-13(25)11-12(19)3-4-14-15-5-6-17(18(26)21(22,23)24)20(15,2)10-8-16(14)19/h11,14-17H,3-10H2,1-2H3/t14-,15-,16-,17+,19-,20-/m0/s1. The Morgan fingerprint density at radius 2 is 1.77 bits per heavy atom. The Labute approximate surface area is 152 Å². The fourth-order valence-corrected chi connectivity index (χ4v) is 7.19. The summed E-state index contributed by atoms with van der Waals surface area (Å²) in [5.41, 5.74) is 0.764. The third-order valence-electron chi connectivity index (χ3n) is 8.56. The third kappa shape index (κ3) is 2.45. The molecule has 0 aromatic rings. The molecule has 144 valence electrons. The maximum Gasteiger partial charge on any atom is 0.450 e. The molecule has 3 saturated carbocycles. The highest BCUT2D eigenvalue weighted by Crippen LogP contribution is 2.67. The Morgan fingerprint density at radius 1 is 1.04 bits per heavy atom. The van der Waals surface area contributed by atoms with Gasteiger partial charge in [-0.05, 0) is 79.6 Å². The first-order chi connectivity index (χ1) is 12.1. The van der Waals surface area contributed by atoms with Crippen LogP contribution in [0.1, 0.15) is 65.2 Å². The van der Waals surface area contributed by atoms with Crippen molar-refractivity contribution in [3.63, 3.8) is 0 Å². The summed E-state index contributed by atoms with van der Waals surface area (Å²) in [4.78, 5) is 23.9. The molecule has 0 aliphatic heterocycles. The van der Waals surface area contributed by atoms with Gasteiger partial charge in [-0.25, -0.2) is 0 Å². The van der Waals surface area contributed by atoms with Crippen LogP contribution in [-0.4, -0.2) is 17.7 Å². The Morgan fingerprint density at radius 3 is 2.46 bits per heavy atom. The predicted octanol–water partition coefficient (Wildman–Crippen LogP) is 5.27. The minimum atomic E-state index is -4.72. The van der Waals surface area contributed by atoms with Gasteiger partial charge in [0.05, 0.1) is 0 Å². The molecule has 26 heavy (non-hydrogen) atoms. The number of Topliss-reactive ketones (excluding diaryl/α,β-unsaturated/α-hetero) is 1. The smallest absolute Gasteiger partial charge is 0.295 e. The normalized spacial score (nSPS) is 45.4. The van der Waals surface area contributed by atoms with Crippen LogP contribution in [0.25, 0.3) is 0 Å². The molecule has 4 rings (SSSR count). The third-order valence-corrected chi connectivity index (χ3v) is 8.56. The lowest BCUT2D eigenvalue weighted by Crippen LogP contribution is -2.52. The number of carbonyl (C=O) groups is 2. The Kier molecular flexibility index (Phi) is 3.99. The van der Waals surface area contributed by atoms with E-state index in [1.807, 2.05) is 13.0 Å². The van der Waals surface area contributed by atoms with Crippen molar-refractivity contribution in [2.24, 2.45) is 34.5 Å². The summed E-state index contributed by atoms with van der Waals surface area (Å²) in [6.45, 7) is 4.20. The van der Waals surface area contributed by atoms with Gasteiger partial charge >= 0.3 is 6.18 Å². The molecule has 0 N–H and O–H groups in total. The highest BCUT2D eigenvalue weighted by Gasteiger charge is 2.62. The van der Waals surface area contributed by atoms with E-state index in [2.05, 4.69) is 6.92 Å². The van der Waals surface area contributed by atoms with Crippen LogP contribution < -0.4 is 0 Å². The minimum Gasteiger partial charge on any atom is -0.295 e. The second-order valence-corrected chi connectivity index (χ2v) is 9.51. The first-order valence-corrected chi connectivity index (χ1v) is 9.92. The van der Waals surface area contributed by atoms with Crippen LogP contribution in [0.4, 0.5) is 13.2 Å². The molecule has 0 amide bonds. The van der Waals surface area contributed by atoms with Crippen molar-refractivity contribution >= 4 is 11.6 Å². The molecule has 4 aliphatic carbocycles. The number of halogens is 3. The zero-order valence-corrected chi connectivity index (χ0v) is 15.5. The van der Waals surface area contributed by atoms with E-state index in [1.165, 1.54) is 5.57 Å². The summed E-state index contributed by atoms with van der Waals surface area (Å²) < 4.78 is 39.3. The number of alkyl halides is 3. The first kappa shape index (κ1) is 18.2. The lowest BCUT2D eigenvalue weighted by atomic mass is 9.46. The molecular weight excluding hydrogens is 341 g/mol. The topological polar surface area (TPSA) is 34.1 Å². The molecule has 0 aromatic carbocycles. The molecule has 5 heteroatoms. The van der Waals surface area contributed by atoms with E-state index in [9.17, 15) is 22.8 Å². The summed E-state index contributed by atoms with van der Waals surface area (Å²) in [5.74, 6) is -1.14. The summed E-state index contributed by atoms with van der Waals surface area (Å²) in [6, 6.07) is 0. The first-order valence-electron chi connectivity index (χ1n) is 9.92. The molecule has 3 fully saturated rings. The van der Waals surface area contributed by atoms with Crippen LogP contribution in [0.3, 0.4) is 0 Å². The molecule has 0 saturated heterocycles. The van der Waals surface area contributed by atoms with Gasteiger partial charge < -0.3 is 0 Å². The van der Waals surface area contributed by atoms with Gasteiger partial charge in [-0.2, -0.15) is 13.2 Å². The van der Waals surface area contributed by atoms with Crippen molar-refractivity contribution in [1.29, 1.82) is 0 Å². The highest BCUT2D eigenvalue weighted by atomic mass is 19.4. The maximum absolute atomic E-state index is 13.1. The average Bonchev–Trinajstić information content (AvgIpc) is 2.91. The molecule has 0 radical (unpaired) electrons. The van der Waals surface area contributed by atoms with Crippen molar-refractivity contribution in [3.8, 4) is 0 Å². The van der Waals surface area contributed by atoms with E-state index >= 15 is 0 Å². The molecule has 0 heterocycles. The summed E-state index contributed by atoms with van der Waals surface area (Å²) in [6.07, 6.45) is 3.09. The molecule has 0 aromatic heterocycles. The SMILES string of the molecule is C[C@]12CC[C@H]3[C@@H](CCC4=CC(=O)CC[C@@]43C)[C@@H]1CC[C@@H]2C(=O)C(F)(F)F. The Bertz CT molecular complexity index is 679. The minimum absolute atomic E-state index is 0.0181. The van der Waals surface area contributed by atoms with Gasteiger partial charge in [0.1, 0.15) is 0 Å². The summed E-state index contributed by atoms with van der Waals surface area (Å²) in [7, 11) is 0. The van der Waals surface area contributed by atoms with Crippen LogP contribution >= 0.6 is 0 Å². The summed E-state index contributed by atoms with van der Waals surface area (Å²) in [5, 5.41) is 0. The fraction of sp³-hybridized carbons (Fsp3) is 0.810. The van der Waals surface area contributed by atoms with E-state index in [4.69, 9.17) is 0 Å². The monoisotopic (exact) mass is 368 g/mol. The summed E-state index contributed by atoms with van der Waals surface area (Å²) >= 11 is 0. The van der Waals surface area contributed by atoms with Gasteiger partial charge in [0.25, 0.3) is 0 Å². The van der Waals surface area contributed by atoms with Gasteiger partial charge in [-0.1, -0.05) is 19.4 Å². The van der Waals surface area contributed by atoms with Gasteiger partial charge in [0, 0.05) is 12.3 Å². The average molecular weight is 368 g/mol. The molecule has 2 nitrogen and oxygen atoms in total. The second kappa shape index (κ2) is 5.68. The van der Waals surface area contributed by atoms with Gasteiger partial charge in [-0.15, -0.1) is 0 Å². The quantitative estimate of drug-likeness (QED) is 0.632. The van der Waals surface area contributed by atoms with E-state index in [1.54, 1.807) is 0 Å². The van der Waals surface area contributed by atoms with Crippen LogP contribution in [0.2, 0.25) is 0 Å². The zero-order chi connectivity index (χ0) is 18.9. The van der Waals surface area contributed by atoms with Crippen LogP contribution in [0, 0.1) is 34.5 Å². The van der Waals surface area contributed by atoms with E-state index in [0.717, 1.165) is 32.1 Å². The number of rotatable bonds is 1. The van der Waals surface area contributed by atoms with Crippen molar-refractivity contribution in [2.75, 3.05) is 0 Å². The number of ketones is 2. The number of allylic oxidation sites excluding steroid dienone is 1. The van der Waals surface area contributed by atoms with E-state index in [-0.39, 0.29) is 17.1 Å². The van der Waals surface area contributed by atoms with Crippen molar-refractivity contribution in [2.45, 2.75) is 71.4 Å². The Balaban J connectivity index is 1.63. The van der Waals surface area contributed by atoms with Crippen LogP contribution in [-0.2, 0) is 9.59 Å². The fourth-order valence-electron chi connectivity index (χ4n) is 7.19. The van der Waals surface area contributed by atoms with E-state index < -0.39 is 23.3 Å². The van der Waals surface area contributed by atoms with Crippen molar-refractivity contribution < 1.29 is 22.8 Å². The molecular formula is C21H27F3O2. The number of hydrogen-bond donors (Lipinski definition) is 0. The van der Waals surface area contributed by atoms with Gasteiger partial charge in [-0.3, -0.25) is 9.59 Å². The van der Waals surface area contributed by atoms with Crippen LogP contribution in [0.15, 0.2) is 11.6 Å². The number of hydrogen-bond acceptors (Lipinski definition) is 2. The molecule has 6 atom stereocenters. The van der Waals surface area contributed by atoms with Gasteiger partial charge in [0.15, 0.2) is 5.78 Å². The highest BCUT2D eigenvalue weighted by molar-refractivity contribution is 5.91. The number of fused-ring (bicyclic) bond motifs is 5. The van der Waals surface area contributed by atoms with Gasteiger partial charge in [0.2, 0.25) is 5.78 Å². The van der Waals surface area contributed by atoms with E-state index in [0.29, 0.717) is 31.1 Å². The van der Waals surface area contributed by atoms with Crippen molar-refractivity contribution in [3.05, 3.63) is 11.6 Å². The zero-order valence-electron chi connectivity index (χ0n) is 15.5. The number of carbonyl (C=O) groups excluding carboxylic acids is 2. The predicted molar refractivity (Wildman–Crippen MR) is 91.3 cm³/mol. The lowest BCUT2D eigenvalue weighted by Gasteiger charge is -2.58.